The molecule has 0 saturated carbocycles. The predicted octanol–water partition coefficient (Wildman–Crippen LogP) is 3.78. The first kappa shape index (κ1) is 27.4. The normalized spacial score (nSPS) is 12.9. The van der Waals surface area contributed by atoms with E-state index in [1.807, 2.05) is 13.8 Å². The van der Waals surface area contributed by atoms with E-state index in [4.69, 9.17) is 9.47 Å². The number of hydrogen-bond donors (Lipinski definition) is 0. The molecule has 1 atom stereocenters. The fourth-order valence-corrected chi connectivity index (χ4v) is 4.29. The minimum atomic E-state index is -2.95. The lowest BCUT2D eigenvalue weighted by Gasteiger charge is -2.14. The Morgan fingerprint density at radius 3 is 2.55 bits per heavy atom. The number of rotatable bonds is 11. The first-order valence-corrected chi connectivity index (χ1v) is 12.5. The van der Waals surface area contributed by atoms with E-state index in [-0.39, 0.29) is 36.5 Å². The van der Waals surface area contributed by atoms with E-state index in [2.05, 4.69) is 10.1 Å². The van der Waals surface area contributed by atoms with Gasteiger partial charge in [0.15, 0.2) is 17.5 Å². The Bertz CT molecular complexity index is 1550. The maximum absolute atomic E-state index is 13.8. The molecule has 0 N–H and O–H groups in total. The summed E-state index contributed by atoms with van der Waals surface area (Å²) in [4.78, 5) is 31.2. The van der Waals surface area contributed by atoms with Gasteiger partial charge in [-0.2, -0.15) is 5.10 Å². The van der Waals surface area contributed by atoms with Crippen molar-refractivity contribution in [2.24, 2.45) is 0 Å². The molecule has 204 valence electrons. The molecular weight excluding hydrogens is 498 g/mol. The molecule has 0 spiro atoms. The van der Waals surface area contributed by atoms with Crippen molar-refractivity contribution in [2.45, 2.75) is 72.7 Å². The SMILES string of the molecule is CCCn1c(=O)c2c(nc(-c3cnn(Cc4cccc(C(C)(F)F)c4)c3)n2COC(C)OC)n(CC)c1=O. The molecule has 1 aromatic carbocycles. The molecule has 0 amide bonds. The van der Waals surface area contributed by atoms with Crippen molar-refractivity contribution in [3.8, 4) is 11.4 Å². The third-order valence-corrected chi connectivity index (χ3v) is 6.32. The summed E-state index contributed by atoms with van der Waals surface area (Å²) in [6.07, 6.45) is 3.35. The number of methoxy groups -OCH3 is 1. The van der Waals surface area contributed by atoms with Crippen molar-refractivity contribution >= 4 is 11.2 Å². The van der Waals surface area contributed by atoms with Gasteiger partial charge in [-0.25, -0.2) is 18.6 Å². The molecule has 0 aliphatic rings. The zero-order chi connectivity index (χ0) is 27.6. The van der Waals surface area contributed by atoms with E-state index >= 15 is 0 Å². The largest absolute Gasteiger partial charge is 0.356 e. The van der Waals surface area contributed by atoms with E-state index in [0.717, 1.165) is 6.92 Å². The van der Waals surface area contributed by atoms with E-state index in [0.29, 0.717) is 29.9 Å². The summed E-state index contributed by atoms with van der Waals surface area (Å²) in [6, 6.07) is 6.18. The molecule has 38 heavy (non-hydrogen) atoms. The van der Waals surface area contributed by atoms with Crippen LogP contribution in [0.3, 0.4) is 0 Å². The van der Waals surface area contributed by atoms with Crippen LogP contribution in [0.25, 0.3) is 22.6 Å². The number of fused-ring (bicyclic) bond motifs is 1. The van der Waals surface area contributed by atoms with Gasteiger partial charge in [0.2, 0.25) is 0 Å². The Morgan fingerprint density at radius 2 is 1.89 bits per heavy atom. The Hall–Kier alpha value is -3.64. The summed E-state index contributed by atoms with van der Waals surface area (Å²) >= 11 is 0. The third kappa shape index (κ3) is 5.32. The van der Waals surface area contributed by atoms with Crippen LogP contribution in [0.4, 0.5) is 8.78 Å². The lowest BCUT2D eigenvalue weighted by molar-refractivity contribution is -0.133. The van der Waals surface area contributed by atoms with Gasteiger partial charge in [0.1, 0.15) is 12.6 Å². The number of nitrogens with zero attached hydrogens (tertiary/aromatic N) is 6. The first-order valence-electron chi connectivity index (χ1n) is 12.5. The van der Waals surface area contributed by atoms with Crippen LogP contribution < -0.4 is 11.2 Å². The number of aromatic nitrogens is 6. The molecule has 10 nitrogen and oxygen atoms in total. The Morgan fingerprint density at radius 1 is 1.13 bits per heavy atom. The Labute approximate surface area is 218 Å². The highest BCUT2D eigenvalue weighted by Gasteiger charge is 2.25. The third-order valence-electron chi connectivity index (χ3n) is 6.32. The van der Waals surface area contributed by atoms with Gasteiger partial charge in [-0.05, 0) is 31.9 Å². The quantitative estimate of drug-likeness (QED) is 0.274. The van der Waals surface area contributed by atoms with Crippen molar-refractivity contribution in [3.05, 3.63) is 68.6 Å². The molecule has 0 saturated heterocycles. The Balaban J connectivity index is 1.82. The van der Waals surface area contributed by atoms with Crippen molar-refractivity contribution in [2.75, 3.05) is 7.11 Å². The standard InChI is InChI=1S/C26H32F2N6O4/c1-6-11-33-24(35)21-23(32(7-2)25(33)36)30-22(34(21)16-38-17(3)37-5)19-13-29-31(15-19)14-18-9-8-10-20(12-18)26(4,27)28/h8-10,12-13,15,17H,6-7,11,14,16H2,1-5H3. The fraction of sp³-hybridized carbons (Fsp3) is 0.462. The van der Waals surface area contributed by atoms with E-state index in [9.17, 15) is 18.4 Å². The number of aryl methyl sites for hydroxylation is 1. The second-order valence-electron chi connectivity index (χ2n) is 9.13. The topological polar surface area (TPSA) is 98.1 Å². The summed E-state index contributed by atoms with van der Waals surface area (Å²) in [5.41, 5.74) is 0.781. The van der Waals surface area contributed by atoms with E-state index in [1.165, 1.54) is 28.4 Å². The van der Waals surface area contributed by atoms with Gasteiger partial charge in [-0.3, -0.25) is 23.2 Å². The lowest BCUT2D eigenvalue weighted by atomic mass is 10.1. The van der Waals surface area contributed by atoms with E-state index in [1.54, 1.807) is 40.7 Å². The molecule has 0 aliphatic carbocycles. The van der Waals surface area contributed by atoms with Gasteiger partial charge in [0.05, 0.1) is 18.3 Å². The highest BCUT2D eigenvalue weighted by molar-refractivity contribution is 5.76. The smallest absolute Gasteiger partial charge is 0.332 e. The van der Waals surface area contributed by atoms with Crippen LogP contribution in [0.5, 0.6) is 0 Å². The number of alkyl halides is 2. The molecule has 0 bridgehead atoms. The highest BCUT2D eigenvalue weighted by atomic mass is 19.3. The van der Waals surface area contributed by atoms with Crippen LogP contribution >= 0.6 is 0 Å². The first-order chi connectivity index (χ1) is 18.1. The van der Waals surface area contributed by atoms with Gasteiger partial charge in [-0.1, -0.05) is 25.1 Å². The van der Waals surface area contributed by atoms with Gasteiger partial charge in [-0.15, -0.1) is 0 Å². The van der Waals surface area contributed by atoms with E-state index < -0.39 is 23.5 Å². The molecule has 0 fully saturated rings. The number of ether oxygens (including phenoxy) is 2. The second-order valence-corrected chi connectivity index (χ2v) is 9.13. The average Bonchev–Trinajstić information content (AvgIpc) is 3.49. The number of benzene rings is 1. The van der Waals surface area contributed by atoms with Crippen LogP contribution in [0.15, 0.2) is 46.2 Å². The van der Waals surface area contributed by atoms with Crippen molar-refractivity contribution in [1.82, 2.24) is 28.5 Å². The number of imidazole rings is 1. The predicted molar refractivity (Wildman–Crippen MR) is 138 cm³/mol. The fourth-order valence-electron chi connectivity index (χ4n) is 4.29. The Kier molecular flexibility index (Phi) is 7.93. The lowest BCUT2D eigenvalue weighted by Crippen LogP contribution is -2.40. The minimum absolute atomic E-state index is 0.0526. The molecule has 12 heteroatoms. The maximum atomic E-state index is 13.8. The molecule has 4 aromatic rings. The van der Waals surface area contributed by atoms with Crippen LogP contribution in [0.2, 0.25) is 0 Å². The zero-order valence-electron chi connectivity index (χ0n) is 22.1. The van der Waals surface area contributed by atoms with Crippen LogP contribution in [0.1, 0.15) is 45.2 Å². The molecular formula is C26H32F2N6O4. The van der Waals surface area contributed by atoms with Crippen LogP contribution in [0, 0.1) is 0 Å². The molecule has 0 radical (unpaired) electrons. The molecule has 3 heterocycles. The van der Waals surface area contributed by atoms with Gasteiger partial charge in [0.25, 0.3) is 11.5 Å². The number of halogens is 2. The van der Waals surface area contributed by atoms with Crippen molar-refractivity contribution < 1.29 is 18.3 Å². The molecule has 4 rings (SSSR count). The van der Waals surface area contributed by atoms with Crippen LogP contribution in [-0.4, -0.2) is 41.9 Å². The van der Waals surface area contributed by atoms with Crippen LogP contribution in [-0.2, 0) is 41.8 Å². The average molecular weight is 531 g/mol. The molecule has 1 unspecified atom stereocenters. The second kappa shape index (κ2) is 11.0. The van der Waals surface area contributed by atoms with Gasteiger partial charge < -0.3 is 9.47 Å². The summed E-state index contributed by atoms with van der Waals surface area (Å²) in [5.74, 6) is -2.56. The maximum Gasteiger partial charge on any atom is 0.332 e. The monoisotopic (exact) mass is 530 g/mol. The number of hydrogen-bond acceptors (Lipinski definition) is 6. The summed E-state index contributed by atoms with van der Waals surface area (Å²) in [5, 5.41) is 4.39. The van der Waals surface area contributed by atoms with Gasteiger partial charge in [0, 0.05) is 38.9 Å². The zero-order valence-corrected chi connectivity index (χ0v) is 22.1. The summed E-state index contributed by atoms with van der Waals surface area (Å²) in [7, 11) is 1.51. The molecule has 3 aromatic heterocycles. The van der Waals surface area contributed by atoms with Crippen molar-refractivity contribution in [3.63, 3.8) is 0 Å². The summed E-state index contributed by atoms with van der Waals surface area (Å²) in [6.45, 7) is 7.09. The molecule has 0 aliphatic heterocycles. The van der Waals surface area contributed by atoms with Gasteiger partial charge >= 0.3 is 5.69 Å². The highest BCUT2D eigenvalue weighted by Crippen LogP contribution is 2.28. The van der Waals surface area contributed by atoms with Crippen molar-refractivity contribution in [1.29, 1.82) is 0 Å². The summed E-state index contributed by atoms with van der Waals surface area (Å²) < 4.78 is 44.5. The minimum Gasteiger partial charge on any atom is -0.356 e.